The molecule has 2 aliphatic rings. The standard InChI is InChI=1S/C10H18N2O2/c1-14-8(13)10(11)6-9(7-10)2-4-12-5-3-9/h12H,2-7,11H2,1H3. The van der Waals surface area contributed by atoms with Gasteiger partial charge in [0, 0.05) is 0 Å². The summed E-state index contributed by atoms with van der Waals surface area (Å²) in [4.78, 5) is 11.4. The molecule has 0 aromatic carbocycles. The molecule has 2 rings (SSSR count). The molecule has 0 atom stereocenters. The number of carbonyl (C=O) groups excluding carboxylic acids is 1. The second-order valence-electron chi connectivity index (χ2n) is 4.75. The van der Waals surface area contributed by atoms with Crippen molar-refractivity contribution in [1.82, 2.24) is 5.32 Å². The maximum atomic E-state index is 11.4. The highest BCUT2D eigenvalue weighted by molar-refractivity contribution is 5.82. The number of nitrogens with two attached hydrogens (primary N) is 1. The average Bonchev–Trinajstić information content (AvgIpc) is 2.16. The number of piperidine rings is 1. The van der Waals surface area contributed by atoms with Crippen LogP contribution < -0.4 is 11.1 Å². The highest BCUT2D eigenvalue weighted by atomic mass is 16.5. The number of hydrogen-bond donors (Lipinski definition) is 2. The third-order valence-electron chi connectivity index (χ3n) is 3.64. The Morgan fingerprint density at radius 3 is 2.43 bits per heavy atom. The first-order valence-corrected chi connectivity index (χ1v) is 5.18. The minimum atomic E-state index is -0.688. The minimum absolute atomic E-state index is 0.248. The zero-order chi connectivity index (χ0) is 10.2. The molecule has 0 bridgehead atoms. The molecule has 0 unspecified atom stereocenters. The fraction of sp³-hybridized carbons (Fsp3) is 0.900. The van der Waals surface area contributed by atoms with E-state index in [0.29, 0.717) is 5.41 Å². The Labute approximate surface area is 84.2 Å². The lowest BCUT2D eigenvalue weighted by Gasteiger charge is -2.54. The van der Waals surface area contributed by atoms with Gasteiger partial charge in [0.1, 0.15) is 5.54 Å². The fourth-order valence-corrected chi connectivity index (χ4v) is 2.94. The molecule has 80 valence electrons. The molecule has 0 radical (unpaired) electrons. The van der Waals surface area contributed by atoms with Gasteiger partial charge in [-0.2, -0.15) is 0 Å². The summed E-state index contributed by atoms with van der Waals surface area (Å²) in [5.74, 6) is -0.248. The highest BCUT2D eigenvalue weighted by Crippen LogP contribution is 2.53. The molecule has 1 heterocycles. The molecule has 1 aliphatic heterocycles. The molecule has 1 aliphatic carbocycles. The molecule has 3 N–H and O–H groups in total. The predicted molar refractivity (Wildman–Crippen MR) is 52.7 cm³/mol. The van der Waals surface area contributed by atoms with Crippen molar-refractivity contribution < 1.29 is 9.53 Å². The van der Waals surface area contributed by atoms with Gasteiger partial charge < -0.3 is 15.8 Å². The van der Waals surface area contributed by atoms with E-state index in [1.54, 1.807) is 0 Å². The van der Waals surface area contributed by atoms with Gasteiger partial charge in [-0.05, 0) is 44.2 Å². The molecule has 0 aromatic rings. The van der Waals surface area contributed by atoms with Crippen LogP contribution in [-0.4, -0.2) is 31.7 Å². The van der Waals surface area contributed by atoms with Crippen LogP contribution >= 0.6 is 0 Å². The first-order chi connectivity index (χ1) is 6.60. The molecule has 2 fully saturated rings. The van der Waals surface area contributed by atoms with Crippen LogP contribution in [0.25, 0.3) is 0 Å². The Hall–Kier alpha value is -0.610. The molecular formula is C10H18N2O2. The fourth-order valence-electron chi connectivity index (χ4n) is 2.94. The Bertz CT molecular complexity index is 239. The van der Waals surface area contributed by atoms with Crippen LogP contribution in [-0.2, 0) is 9.53 Å². The van der Waals surface area contributed by atoms with Crippen LogP contribution in [0.2, 0.25) is 0 Å². The Balaban J connectivity index is 1.96. The minimum Gasteiger partial charge on any atom is -0.468 e. The zero-order valence-electron chi connectivity index (χ0n) is 8.64. The maximum Gasteiger partial charge on any atom is 0.325 e. The SMILES string of the molecule is COC(=O)C1(N)CC2(CCNCC2)C1. The van der Waals surface area contributed by atoms with E-state index in [1.807, 2.05) is 0 Å². The van der Waals surface area contributed by atoms with Crippen LogP contribution in [0.5, 0.6) is 0 Å². The summed E-state index contributed by atoms with van der Waals surface area (Å²) in [6.07, 6.45) is 3.88. The lowest BCUT2D eigenvalue weighted by atomic mass is 9.54. The Morgan fingerprint density at radius 1 is 1.36 bits per heavy atom. The van der Waals surface area contributed by atoms with E-state index in [9.17, 15) is 4.79 Å². The molecular weight excluding hydrogens is 180 g/mol. The molecule has 14 heavy (non-hydrogen) atoms. The highest BCUT2D eigenvalue weighted by Gasteiger charge is 2.57. The number of hydrogen-bond acceptors (Lipinski definition) is 4. The monoisotopic (exact) mass is 198 g/mol. The van der Waals surface area contributed by atoms with Gasteiger partial charge in [0.25, 0.3) is 0 Å². The lowest BCUT2D eigenvalue weighted by Crippen LogP contribution is -2.65. The molecule has 1 saturated heterocycles. The van der Waals surface area contributed by atoms with E-state index >= 15 is 0 Å². The van der Waals surface area contributed by atoms with Crippen molar-refractivity contribution in [3.05, 3.63) is 0 Å². The van der Waals surface area contributed by atoms with Gasteiger partial charge in [-0.3, -0.25) is 4.79 Å². The smallest absolute Gasteiger partial charge is 0.325 e. The van der Waals surface area contributed by atoms with Crippen molar-refractivity contribution in [2.75, 3.05) is 20.2 Å². The third-order valence-corrected chi connectivity index (χ3v) is 3.64. The number of esters is 1. The molecule has 0 amide bonds. The second kappa shape index (κ2) is 3.21. The van der Waals surface area contributed by atoms with Crippen molar-refractivity contribution >= 4 is 5.97 Å². The predicted octanol–water partition coefficient (Wildman–Crippen LogP) is 0.0205. The van der Waals surface area contributed by atoms with Gasteiger partial charge in [-0.25, -0.2) is 0 Å². The van der Waals surface area contributed by atoms with E-state index in [2.05, 4.69) is 5.32 Å². The molecule has 0 aromatic heterocycles. The number of ether oxygens (including phenoxy) is 1. The molecule has 4 heteroatoms. The van der Waals surface area contributed by atoms with Crippen LogP contribution in [0.4, 0.5) is 0 Å². The Morgan fingerprint density at radius 2 is 1.93 bits per heavy atom. The quantitative estimate of drug-likeness (QED) is 0.583. The number of nitrogens with one attached hydrogen (secondary N) is 1. The number of carbonyl (C=O) groups is 1. The van der Waals surface area contributed by atoms with E-state index in [0.717, 1.165) is 38.8 Å². The van der Waals surface area contributed by atoms with Gasteiger partial charge in [0.15, 0.2) is 0 Å². The van der Waals surface area contributed by atoms with E-state index < -0.39 is 5.54 Å². The van der Waals surface area contributed by atoms with Crippen LogP contribution in [0.3, 0.4) is 0 Å². The first kappa shape index (κ1) is 9.93. The third kappa shape index (κ3) is 1.42. The van der Waals surface area contributed by atoms with Crippen molar-refractivity contribution in [3.8, 4) is 0 Å². The van der Waals surface area contributed by atoms with E-state index in [-0.39, 0.29) is 5.97 Å². The van der Waals surface area contributed by atoms with Crippen LogP contribution in [0, 0.1) is 5.41 Å². The average molecular weight is 198 g/mol. The summed E-state index contributed by atoms with van der Waals surface area (Å²) >= 11 is 0. The van der Waals surface area contributed by atoms with Crippen molar-refractivity contribution in [2.45, 2.75) is 31.2 Å². The zero-order valence-corrected chi connectivity index (χ0v) is 8.64. The van der Waals surface area contributed by atoms with Gasteiger partial charge in [-0.1, -0.05) is 0 Å². The van der Waals surface area contributed by atoms with Gasteiger partial charge in [-0.15, -0.1) is 0 Å². The van der Waals surface area contributed by atoms with E-state index in [4.69, 9.17) is 10.5 Å². The first-order valence-electron chi connectivity index (χ1n) is 5.18. The van der Waals surface area contributed by atoms with Crippen molar-refractivity contribution in [3.63, 3.8) is 0 Å². The summed E-state index contributed by atoms with van der Waals surface area (Å²) in [7, 11) is 1.41. The molecule has 4 nitrogen and oxygen atoms in total. The molecule has 1 saturated carbocycles. The van der Waals surface area contributed by atoms with Gasteiger partial charge in [0.2, 0.25) is 0 Å². The maximum absolute atomic E-state index is 11.4. The van der Waals surface area contributed by atoms with Crippen LogP contribution in [0.1, 0.15) is 25.7 Å². The number of methoxy groups -OCH3 is 1. The summed E-state index contributed by atoms with van der Waals surface area (Å²) in [5, 5.41) is 3.32. The topological polar surface area (TPSA) is 64.3 Å². The molecule has 1 spiro atoms. The summed E-state index contributed by atoms with van der Waals surface area (Å²) in [6, 6.07) is 0. The van der Waals surface area contributed by atoms with Crippen molar-refractivity contribution in [2.24, 2.45) is 11.1 Å². The normalized spacial score (nSPS) is 28.1. The summed E-state index contributed by atoms with van der Waals surface area (Å²) < 4.78 is 4.71. The second-order valence-corrected chi connectivity index (χ2v) is 4.75. The van der Waals surface area contributed by atoms with Gasteiger partial charge in [0.05, 0.1) is 7.11 Å². The summed E-state index contributed by atoms with van der Waals surface area (Å²) in [5.41, 5.74) is 5.61. The van der Waals surface area contributed by atoms with Gasteiger partial charge >= 0.3 is 5.97 Å². The van der Waals surface area contributed by atoms with E-state index in [1.165, 1.54) is 7.11 Å². The van der Waals surface area contributed by atoms with Crippen molar-refractivity contribution in [1.29, 1.82) is 0 Å². The number of rotatable bonds is 1. The summed E-state index contributed by atoms with van der Waals surface area (Å²) in [6.45, 7) is 2.11. The lowest BCUT2D eigenvalue weighted by molar-refractivity contribution is -0.158. The van der Waals surface area contributed by atoms with Crippen LogP contribution in [0.15, 0.2) is 0 Å². The largest absolute Gasteiger partial charge is 0.468 e. The Kier molecular flexibility index (Phi) is 2.27.